The highest BCUT2D eigenvalue weighted by Crippen LogP contribution is 1.71. The van der Waals surface area contributed by atoms with Crippen LogP contribution in [0.15, 0.2) is 12.2 Å². The third kappa shape index (κ3) is 6.53. The third-order valence-electron chi connectivity index (χ3n) is 0.843. The molecule has 0 spiro atoms. The van der Waals surface area contributed by atoms with Crippen molar-refractivity contribution in [3.63, 3.8) is 0 Å². The van der Waals surface area contributed by atoms with Gasteiger partial charge in [0, 0.05) is 25.2 Å². The van der Waals surface area contributed by atoms with Crippen molar-refractivity contribution < 1.29 is 9.59 Å². The number of hydrogen-bond acceptors (Lipinski definition) is 3. The molecule has 0 aromatic heterocycles. The predicted octanol–water partition coefficient (Wildman–Crippen LogP) is -1.90. The molecule has 0 aliphatic rings. The van der Waals surface area contributed by atoms with E-state index >= 15 is 0 Å². The first-order valence-electron chi connectivity index (χ1n) is 3.12. The van der Waals surface area contributed by atoms with E-state index in [1.54, 1.807) is 0 Å². The zero-order valence-corrected chi connectivity index (χ0v) is 6.04. The monoisotopic (exact) mass is 157 g/mol. The maximum absolute atomic E-state index is 10.6. The molecule has 0 rings (SSSR count). The highest BCUT2D eigenvalue weighted by molar-refractivity contribution is 5.95. The lowest BCUT2D eigenvalue weighted by molar-refractivity contribution is -0.117. The Morgan fingerprint density at radius 2 is 2.00 bits per heavy atom. The van der Waals surface area contributed by atoms with E-state index in [1.807, 2.05) is 0 Å². The molecule has 0 fully saturated rings. The SMILES string of the molecule is NCCNC(=O)/C=C\C(N)=O. The first kappa shape index (κ1) is 9.64. The average molecular weight is 157 g/mol. The molecular weight excluding hydrogens is 146 g/mol. The molecule has 62 valence electrons. The van der Waals surface area contributed by atoms with Crippen molar-refractivity contribution >= 4 is 11.8 Å². The van der Waals surface area contributed by atoms with Crippen LogP contribution in [0.2, 0.25) is 0 Å². The van der Waals surface area contributed by atoms with Gasteiger partial charge in [-0.1, -0.05) is 0 Å². The van der Waals surface area contributed by atoms with E-state index in [1.165, 1.54) is 0 Å². The Bertz CT molecular complexity index is 177. The maximum Gasteiger partial charge on any atom is 0.244 e. The molecule has 0 aliphatic carbocycles. The Balaban J connectivity index is 3.60. The molecule has 0 saturated carbocycles. The van der Waals surface area contributed by atoms with Gasteiger partial charge in [-0.2, -0.15) is 0 Å². The van der Waals surface area contributed by atoms with Crippen LogP contribution in [-0.2, 0) is 9.59 Å². The quantitative estimate of drug-likeness (QED) is 0.416. The first-order valence-corrected chi connectivity index (χ1v) is 3.12. The molecule has 5 N–H and O–H groups in total. The summed E-state index contributed by atoms with van der Waals surface area (Å²) in [7, 11) is 0. The molecule has 0 aromatic rings. The van der Waals surface area contributed by atoms with Crippen LogP contribution in [0.3, 0.4) is 0 Å². The fourth-order valence-corrected chi connectivity index (χ4v) is 0.412. The van der Waals surface area contributed by atoms with Crippen molar-refractivity contribution in [2.75, 3.05) is 13.1 Å². The summed E-state index contributed by atoms with van der Waals surface area (Å²) in [4.78, 5) is 20.8. The molecule has 0 saturated heterocycles. The molecule has 0 atom stereocenters. The average Bonchev–Trinajstić information content (AvgIpc) is 1.97. The number of nitrogens with one attached hydrogen (secondary N) is 1. The van der Waals surface area contributed by atoms with Crippen LogP contribution in [0.5, 0.6) is 0 Å². The summed E-state index contributed by atoms with van der Waals surface area (Å²) >= 11 is 0. The molecule has 0 heterocycles. The molecule has 0 unspecified atom stereocenters. The molecular formula is C6H11N3O2. The van der Waals surface area contributed by atoms with Gasteiger partial charge in [0.15, 0.2) is 0 Å². The van der Waals surface area contributed by atoms with Crippen LogP contribution in [0, 0.1) is 0 Å². The summed E-state index contributed by atoms with van der Waals surface area (Å²) in [5, 5.41) is 2.43. The molecule has 0 radical (unpaired) electrons. The second-order valence-corrected chi connectivity index (χ2v) is 1.82. The van der Waals surface area contributed by atoms with E-state index in [2.05, 4.69) is 5.32 Å². The molecule has 5 heteroatoms. The summed E-state index contributed by atoms with van der Waals surface area (Å²) in [5.74, 6) is -1.01. The molecule has 0 bridgehead atoms. The molecule has 11 heavy (non-hydrogen) atoms. The number of amides is 2. The van der Waals surface area contributed by atoms with Crippen LogP contribution < -0.4 is 16.8 Å². The fourth-order valence-electron chi connectivity index (χ4n) is 0.412. The Morgan fingerprint density at radius 3 is 2.45 bits per heavy atom. The Morgan fingerprint density at radius 1 is 1.36 bits per heavy atom. The van der Waals surface area contributed by atoms with Crippen molar-refractivity contribution in [2.24, 2.45) is 11.5 Å². The third-order valence-corrected chi connectivity index (χ3v) is 0.843. The highest BCUT2D eigenvalue weighted by Gasteiger charge is 1.92. The van der Waals surface area contributed by atoms with E-state index in [0.717, 1.165) is 12.2 Å². The lowest BCUT2D eigenvalue weighted by Gasteiger charge is -1.95. The van der Waals surface area contributed by atoms with Crippen molar-refractivity contribution in [1.29, 1.82) is 0 Å². The van der Waals surface area contributed by atoms with Gasteiger partial charge in [0.25, 0.3) is 0 Å². The van der Waals surface area contributed by atoms with Crippen LogP contribution in [-0.4, -0.2) is 24.9 Å². The van der Waals surface area contributed by atoms with Gasteiger partial charge in [0.2, 0.25) is 11.8 Å². The normalized spacial score (nSPS) is 9.91. The number of rotatable bonds is 4. The zero-order valence-electron chi connectivity index (χ0n) is 6.04. The second-order valence-electron chi connectivity index (χ2n) is 1.82. The summed E-state index contributed by atoms with van der Waals surface area (Å²) in [6, 6.07) is 0. The standard InChI is InChI=1S/C6H11N3O2/c7-3-4-9-6(11)2-1-5(8)10/h1-2H,3-4,7H2,(H2,8,10)(H,9,11)/b2-1-. The Labute approximate surface area is 64.4 Å². The van der Waals surface area contributed by atoms with Gasteiger partial charge in [0.05, 0.1) is 0 Å². The molecule has 0 aromatic carbocycles. The van der Waals surface area contributed by atoms with Gasteiger partial charge in [-0.3, -0.25) is 9.59 Å². The Kier molecular flexibility index (Phi) is 4.76. The van der Waals surface area contributed by atoms with E-state index in [-0.39, 0.29) is 5.91 Å². The van der Waals surface area contributed by atoms with Gasteiger partial charge < -0.3 is 16.8 Å². The molecule has 0 aliphatic heterocycles. The lowest BCUT2D eigenvalue weighted by Crippen LogP contribution is -2.27. The minimum atomic E-state index is -0.645. The van der Waals surface area contributed by atoms with Crippen LogP contribution >= 0.6 is 0 Å². The van der Waals surface area contributed by atoms with Crippen molar-refractivity contribution in [3.05, 3.63) is 12.2 Å². The van der Waals surface area contributed by atoms with E-state index < -0.39 is 5.91 Å². The van der Waals surface area contributed by atoms with E-state index in [4.69, 9.17) is 11.5 Å². The molecule has 5 nitrogen and oxygen atoms in total. The van der Waals surface area contributed by atoms with Gasteiger partial charge in [-0.25, -0.2) is 0 Å². The summed E-state index contributed by atoms with van der Waals surface area (Å²) < 4.78 is 0. The van der Waals surface area contributed by atoms with Crippen LogP contribution in [0.25, 0.3) is 0 Å². The number of nitrogens with two attached hydrogens (primary N) is 2. The van der Waals surface area contributed by atoms with Gasteiger partial charge >= 0.3 is 0 Å². The molecule has 2 amide bonds. The summed E-state index contributed by atoms with van der Waals surface area (Å²) in [5.41, 5.74) is 9.84. The highest BCUT2D eigenvalue weighted by atomic mass is 16.2. The number of carbonyl (C=O) groups is 2. The van der Waals surface area contributed by atoms with E-state index in [0.29, 0.717) is 13.1 Å². The second kappa shape index (κ2) is 5.43. The van der Waals surface area contributed by atoms with Crippen molar-refractivity contribution in [1.82, 2.24) is 5.32 Å². The number of primary amides is 1. The summed E-state index contributed by atoms with van der Waals surface area (Å²) in [6.07, 6.45) is 2.06. The van der Waals surface area contributed by atoms with Gasteiger partial charge in [-0.15, -0.1) is 0 Å². The van der Waals surface area contributed by atoms with Crippen molar-refractivity contribution in [3.8, 4) is 0 Å². The fraction of sp³-hybridized carbons (Fsp3) is 0.333. The first-order chi connectivity index (χ1) is 5.16. The van der Waals surface area contributed by atoms with Crippen molar-refractivity contribution in [2.45, 2.75) is 0 Å². The van der Waals surface area contributed by atoms with Gasteiger partial charge in [0.1, 0.15) is 0 Å². The smallest absolute Gasteiger partial charge is 0.244 e. The minimum absolute atomic E-state index is 0.366. The van der Waals surface area contributed by atoms with Gasteiger partial charge in [-0.05, 0) is 0 Å². The van der Waals surface area contributed by atoms with Crippen LogP contribution in [0.4, 0.5) is 0 Å². The number of carbonyl (C=O) groups excluding carboxylic acids is 2. The predicted molar refractivity (Wildman–Crippen MR) is 40.4 cm³/mol. The van der Waals surface area contributed by atoms with Crippen LogP contribution in [0.1, 0.15) is 0 Å². The maximum atomic E-state index is 10.6. The Hall–Kier alpha value is -1.36. The largest absolute Gasteiger partial charge is 0.366 e. The lowest BCUT2D eigenvalue weighted by atomic mass is 10.4. The number of hydrogen-bond donors (Lipinski definition) is 3. The topological polar surface area (TPSA) is 98.2 Å². The minimum Gasteiger partial charge on any atom is -0.366 e. The zero-order chi connectivity index (χ0) is 8.69. The summed E-state index contributed by atoms with van der Waals surface area (Å²) in [6.45, 7) is 0.762. The van der Waals surface area contributed by atoms with E-state index in [9.17, 15) is 9.59 Å².